The Morgan fingerprint density at radius 1 is 0.875 bits per heavy atom. The molecule has 0 fully saturated rings. The lowest BCUT2D eigenvalue weighted by Gasteiger charge is -2.08. The molecule has 0 atom stereocenters. The second-order valence-electron chi connectivity index (χ2n) is 5.27. The minimum Gasteiger partial charge on any atom is -0.343 e. The van der Waals surface area contributed by atoms with E-state index in [2.05, 4.69) is 10.6 Å². The van der Waals surface area contributed by atoms with E-state index in [1.165, 1.54) is 18.2 Å². The smallest absolute Gasteiger partial charge is 0.251 e. The van der Waals surface area contributed by atoms with E-state index in [1.54, 1.807) is 18.2 Å². The van der Waals surface area contributed by atoms with Crippen LogP contribution in [0, 0.1) is 5.82 Å². The van der Waals surface area contributed by atoms with Crippen molar-refractivity contribution in [1.82, 2.24) is 5.32 Å². The number of rotatable bonds is 4. The van der Waals surface area contributed by atoms with Gasteiger partial charge in [-0.1, -0.05) is 42.5 Å². The molecule has 0 aromatic heterocycles. The van der Waals surface area contributed by atoms with E-state index in [1.807, 2.05) is 30.3 Å². The predicted molar refractivity (Wildman–Crippen MR) is 91.3 cm³/mol. The second kappa shape index (κ2) is 6.91. The number of benzene rings is 3. The molecule has 0 heterocycles. The van der Waals surface area contributed by atoms with Crippen molar-refractivity contribution in [1.29, 1.82) is 0 Å². The van der Waals surface area contributed by atoms with Crippen molar-refractivity contribution in [3.05, 3.63) is 78.1 Å². The number of halogens is 1. The highest BCUT2D eigenvalue weighted by molar-refractivity contribution is 6.01. The van der Waals surface area contributed by atoms with Crippen LogP contribution in [0.15, 0.2) is 66.7 Å². The van der Waals surface area contributed by atoms with Gasteiger partial charge in [-0.3, -0.25) is 9.59 Å². The van der Waals surface area contributed by atoms with Gasteiger partial charge in [0, 0.05) is 5.56 Å². The predicted octanol–water partition coefficient (Wildman–Crippen LogP) is 3.35. The van der Waals surface area contributed by atoms with E-state index in [4.69, 9.17) is 0 Å². The maximum Gasteiger partial charge on any atom is 0.251 e. The van der Waals surface area contributed by atoms with E-state index in [0.717, 1.165) is 10.8 Å². The first-order valence-corrected chi connectivity index (χ1v) is 7.45. The third-order valence-corrected chi connectivity index (χ3v) is 3.57. The number of anilines is 1. The highest BCUT2D eigenvalue weighted by atomic mass is 19.1. The van der Waals surface area contributed by atoms with Gasteiger partial charge in [-0.25, -0.2) is 4.39 Å². The monoisotopic (exact) mass is 322 g/mol. The second-order valence-corrected chi connectivity index (χ2v) is 5.27. The Balaban J connectivity index is 1.62. The highest BCUT2D eigenvalue weighted by Gasteiger charge is 2.10. The van der Waals surface area contributed by atoms with Crippen LogP contribution in [0.25, 0.3) is 10.8 Å². The lowest BCUT2D eigenvalue weighted by atomic mass is 10.1. The molecule has 0 unspecified atom stereocenters. The van der Waals surface area contributed by atoms with Crippen molar-refractivity contribution in [2.75, 3.05) is 11.9 Å². The van der Waals surface area contributed by atoms with Gasteiger partial charge in [0.2, 0.25) is 5.91 Å². The van der Waals surface area contributed by atoms with Gasteiger partial charge in [0.25, 0.3) is 5.91 Å². The summed E-state index contributed by atoms with van der Waals surface area (Å²) in [6.45, 7) is -0.236. The first-order valence-electron chi connectivity index (χ1n) is 7.45. The molecule has 3 aromatic carbocycles. The first kappa shape index (κ1) is 15.7. The number of hydrogen-bond donors (Lipinski definition) is 2. The summed E-state index contributed by atoms with van der Waals surface area (Å²) in [6.07, 6.45) is 0. The molecule has 0 bridgehead atoms. The molecule has 4 nitrogen and oxygen atoms in total. The molecule has 0 saturated heterocycles. The van der Waals surface area contributed by atoms with Gasteiger partial charge in [0.15, 0.2) is 0 Å². The summed E-state index contributed by atoms with van der Waals surface area (Å²) in [6, 6.07) is 18.9. The van der Waals surface area contributed by atoms with Gasteiger partial charge in [-0.2, -0.15) is 0 Å². The summed E-state index contributed by atoms with van der Waals surface area (Å²) >= 11 is 0. The van der Waals surface area contributed by atoms with E-state index in [-0.39, 0.29) is 18.1 Å². The molecule has 2 amide bonds. The zero-order valence-electron chi connectivity index (χ0n) is 12.8. The number of fused-ring (bicyclic) bond motifs is 1. The van der Waals surface area contributed by atoms with E-state index in [0.29, 0.717) is 5.56 Å². The van der Waals surface area contributed by atoms with Gasteiger partial charge >= 0.3 is 0 Å². The Labute approximate surface area is 138 Å². The lowest BCUT2D eigenvalue weighted by Crippen LogP contribution is -2.33. The fourth-order valence-corrected chi connectivity index (χ4v) is 2.35. The molecule has 0 aliphatic carbocycles. The molecule has 2 N–H and O–H groups in total. The van der Waals surface area contributed by atoms with E-state index < -0.39 is 11.7 Å². The topological polar surface area (TPSA) is 58.2 Å². The minimum atomic E-state index is -0.522. The zero-order chi connectivity index (χ0) is 16.9. The molecule has 3 aromatic rings. The molecule has 3 rings (SSSR count). The van der Waals surface area contributed by atoms with Gasteiger partial charge in [0.1, 0.15) is 5.82 Å². The summed E-state index contributed by atoms with van der Waals surface area (Å²) in [5, 5.41) is 6.93. The molecule has 120 valence electrons. The van der Waals surface area contributed by atoms with Crippen LogP contribution >= 0.6 is 0 Å². The molecule has 0 aliphatic rings. The lowest BCUT2D eigenvalue weighted by molar-refractivity contribution is -0.115. The third-order valence-electron chi connectivity index (χ3n) is 3.57. The number of carbonyl (C=O) groups is 2. The summed E-state index contributed by atoms with van der Waals surface area (Å²) in [7, 11) is 0. The fourth-order valence-electron chi connectivity index (χ4n) is 2.35. The molecule has 5 heteroatoms. The molecular weight excluding hydrogens is 307 g/mol. The van der Waals surface area contributed by atoms with Crippen LogP contribution in [0.4, 0.5) is 10.1 Å². The average Bonchev–Trinajstić information content (AvgIpc) is 2.61. The number of nitrogens with one attached hydrogen (secondary N) is 2. The standard InChI is InChI=1S/C19H15FN2O2/c20-16-7-3-4-8-17(16)22-18(23)12-21-19(24)15-10-9-13-5-1-2-6-14(13)11-15/h1-11H,12H2,(H,21,24)(H,22,23). The van der Waals surface area contributed by atoms with E-state index in [9.17, 15) is 14.0 Å². The molecule has 0 radical (unpaired) electrons. The molecule has 0 saturated carbocycles. The summed E-state index contributed by atoms with van der Waals surface area (Å²) in [5.74, 6) is -1.37. The van der Waals surface area contributed by atoms with Crippen molar-refractivity contribution >= 4 is 28.3 Å². The molecule has 0 spiro atoms. The first-order chi connectivity index (χ1) is 11.6. The van der Waals surface area contributed by atoms with Crippen molar-refractivity contribution < 1.29 is 14.0 Å². The Morgan fingerprint density at radius 3 is 2.38 bits per heavy atom. The van der Waals surface area contributed by atoms with Crippen LogP contribution < -0.4 is 10.6 Å². The zero-order valence-corrected chi connectivity index (χ0v) is 12.8. The van der Waals surface area contributed by atoms with Crippen molar-refractivity contribution in [2.24, 2.45) is 0 Å². The minimum absolute atomic E-state index is 0.0856. The maximum absolute atomic E-state index is 13.5. The fraction of sp³-hybridized carbons (Fsp3) is 0.0526. The Morgan fingerprint density at radius 2 is 1.58 bits per heavy atom. The maximum atomic E-state index is 13.5. The molecule has 0 aliphatic heterocycles. The number of para-hydroxylation sites is 1. The largest absolute Gasteiger partial charge is 0.343 e. The molecular formula is C19H15FN2O2. The van der Waals surface area contributed by atoms with Crippen LogP contribution in [-0.4, -0.2) is 18.4 Å². The summed E-state index contributed by atoms with van der Waals surface area (Å²) < 4.78 is 13.5. The van der Waals surface area contributed by atoms with Crippen molar-refractivity contribution in [3.8, 4) is 0 Å². The van der Waals surface area contributed by atoms with Crippen molar-refractivity contribution in [3.63, 3.8) is 0 Å². The Hall–Kier alpha value is -3.21. The molecule has 24 heavy (non-hydrogen) atoms. The SMILES string of the molecule is O=C(CNC(=O)c1ccc2ccccc2c1)Nc1ccccc1F. The number of carbonyl (C=O) groups excluding carboxylic acids is 2. The number of hydrogen-bond acceptors (Lipinski definition) is 2. The third kappa shape index (κ3) is 3.57. The van der Waals surface area contributed by atoms with Crippen LogP contribution in [0.3, 0.4) is 0 Å². The normalized spacial score (nSPS) is 10.4. The van der Waals surface area contributed by atoms with Gasteiger partial charge in [-0.15, -0.1) is 0 Å². The van der Waals surface area contributed by atoms with Crippen LogP contribution in [0.5, 0.6) is 0 Å². The van der Waals surface area contributed by atoms with Gasteiger partial charge in [-0.05, 0) is 35.0 Å². The van der Waals surface area contributed by atoms with Crippen LogP contribution in [0.1, 0.15) is 10.4 Å². The average molecular weight is 322 g/mol. The quantitative estimate of drug-likeness (QED) is 0.774. The van der Waals surface area contributed by atoms with E-state index >= 15 is 0 Å². The number of amides is 2. The summed E-state index contributed by atoms with van der Waals surface area (Å²) in [5.41, 5.74) is 0.551. The van der Waals surface area contributed by atoms with Crippen molar-refractivity contribution in [2.45, 2.75) is 0 Å². The van der Waals surface area contributed by atoms with Gasteiger partial charge in [0.05, 0.1) is 12.2 Å². The summed E-state index contributed by atoms with van der Waals surface area (Å²) in [4.78, 5) is 24.0. The van der Waals surface area contributed by atoms with Gasteiger partial charge < -0.3 is 10.6 Å². The Bertz CT molecular complexity index is 909. The van der Waals surface area contributed by atoms with Crippen LogP contribution in [-0.2, 0) is 4.79 Å². The van der Waals surface area contributed by atoms with Crippen LogP contribution in [0.2, 0.25) is 0 Å². The Kier molecular flexibility index (Phi) is 4.52. The highest BCUT2D eigenvalue weighted by Crippen LogP contribution is 2.15.